The van der Waals surface area contributed by atoms with Crippen LogP contribution in [0, 0.1) is 11.7 Å². The molecule has 0 spiro atoms. The number of hydrogen-bond donors (Lipinski definition) is 2. The molecule has 0 amide bonds. The Morgan fingerprint density at radius 1 is 1.48 bits per heavy atom. The summed E-state index contributed by atoms with van der Waals surface area (Å²) in [7, 11) is 0. The zero-order chi connectivity index (χ0) is 15.4. The van der Waals surface area contributed by atoms with Crippen LogP contribution in [-0.2, 0) is 11.3 Å². The number of carboxylic acid groups (broad SMARTS) is 1. The molecule has 1 aromatic heterocycles. The van der Waals surface area contributed by atoms with Crippen molar-refractivity contribution in [3.05, 3.63) is 42.0 Å². The van der Waals surface area contributed by atoms with Crippen LogP contribution in [0.15, 0.2) is 34.9 Å². The molecule has 0 aliphatic rings. The summed E-state index contributed by atoms with van der Waals surface area (Å²) in [4.78, 5) is 15.3. The molecule has 1 heterocycles. The fourth-order valence-electron chi connectivity index (χ4n) is 1.96. The summed E-state index contributed by atoms with van der Waals surface area (Å²) < 4.78 is 18.4. The first-order valence-corrected chi connectivity index (χ1v) is 6.64. The van der Waals surface area contributed by atoms with E-state index in [4.69, 9.17) is 9.52 Å². The van der Waals surface area contributed by atoms with Crippen molar-refractivity contribution >= 4 is 5.97 Å². The first-order valence-electron chi connectivity index (χ1n) is 6.64. The number of halogens is 1. The summed E-state index contributed by atoms with van der Waals surface area (Å²) in [6, 6.07) is 5.29. The summed E-state index contributed by atoms with van der Waals surface area (Å²) in [5.41, 5.74) is 1.11. The molecular formula is C15H17FN2O3. The van der Waals surface area contributed by atoms with Crippen LogP contribution in [0.25, 0.3) is 11.5 Å². The molecule has 5 nitrogen and oxygen atoms in total. The average molecular weight is 292 g/mol. The zero-order valence-electron chi connectivity index (χ0n) is 11.8. The predicted octanol–water partition coefficient (Wildman–Crippen LogP) is 2.68. The van der Waals surface area contributed by atoms with Gasteiger partial charge in [-0.05, 0) is 24.1 Å². The van der Waals surface area contributed by atoms with Gasteiger partial charge in [0.25, 0.3) is 0 Å². The van der Waals surface area contributed by atoms with Crippen LogP contribution in [0.5, 0.6) is 0 Å². The van der Waals surface area contributed by atoms with Crippen LogP contribution in [-0.4, -0.2) is 22.1 Å². The molecule has 0 fully saturated rings. The van der Waals surface area contributed by atoms with E-state index in [0.717, 1.165) is 0 Å². The number of aromatic nitrogens is 1. The van der Waals surface area contributed by atoms with Gasteiger partial charge in [-0.1, -0.05) is 19.9 Å². The van der Waals surface area contributed by atoms with Gasteiger partial charge in [0.15, 0.2) is 0 Å². The highest BCUT2D eigenvalue weighted by atomic mass is 19.1. The molecule has 0 saturated carbocycles. The second-order valence-electron chi connectivity index (χ2n) is 5.10. The highest BCUT2D eigenvalue weighted by Crippen LogP contribution is 2.19. The lowest BCUT2D eigenvalue weighted by molar-refractivity contribution is -0.140. The first-order chi connectivity index (χ1) is 9.97. The second-order valence-corrected chi connectivity index (χ2v) is 5.10. The van der Waals surface area contributed by atoms with Gasteiger partial charge < -0.3 is 9.52 Å². The number of benzene rings is 1. The van der Waals surface area contributed by atoms with Gasteiger partial charge in [-0.15, -0.1) is 0 Å². The SMILES string of the molecule is CC(C)C(NCc1coc(-c2cccc(F)c2)n1)C(=O)O. The van der Waals surface area contributed by atoms with Gasteiger partial charge >= 0.3 is 5.97 Å². The summed E-state index contributed by atoms with van der Waals surface area (Å²) in [6.07, 6.45) is 1.44. The lowest BCUT2D eigenvalue weighted by Gasteiger charge is -2.16. The van der Waals surface area contributed by atoms with Crippen LogP contribution >= 0.6 is 0 Å². The number of nitrogens with zero attached hydrogens (tertiary/aromatic N) is 1. The number of carboxylic acids is 1. The van der Waals surface area contributed by atoms with Crippen molar-refractivity contribution < 1.29 is 18.7 Å². The number of nitrogens with one attached hydrogen (secondary N) is 1. The monoisotopic (exact) mass is 292 g/mol. The van der Waals surface area contributed by atoms with Crippen LogP contribution in [0.1, 0.15) is 19.5 Å². The lowest BCUT2D eigenvalue weighted by atomic mass is 10.1. The molecule has 0 radical (unpaired) electrons. The van der Waals surface area contributed by atoms with Crippen molar-refractivity contribution in [2.75, 3.05) is 0 Å². The van der Waals surface area contributed by atoms with Crippen LogP contribution in [0.4, 0.5) is 4.39 Å². The molecule has 112 valence electrons. The Labute approximate surface area is 121 Å². The van der Waals surface area contributed by atoms with Gasteiger partial charge in [0.1, 0.15) is 18.1 Å². The van der Waals surface area contributed by atoms with Gasteiger partial charge in [-0.2, -0.15) is 0 Å². The minimum atomic E-state index is -0.904. The third-order valence-corrected chi connectivity index (χ3v) is 3.06. The van der Waals surface area contributed by atoms with E-state index in [-0.39, 0.29) is 18.3 Å². The maximum absolute atomic E-state index is 13.1. The molecular weight excluding hydrogens is 275 g/mol. The Balaban J connectivity index is 2.05. The largest absolute Gasteiger partial charge is 0.480 e. The van der Waals surface area contributed by atoms with Crippen molar-refractivity contribution in [1.82, 2.24) is 10.3 Å². The van der Waals surface area contributed by atoms with Crippen LogP contribution in [0.3, 0.4) is 0 Å². The Morgan fingerprint density at radius 2 is 2.24 bits per heavy atom. The van der Waals surface area contributed by atoms with E-state index in [1.807, 2.05) is 13.8 Å². The molecule has 0 bridgehead atoms. The van der Waals surface area contributed by atoms with E-state index in [1.165, 1.54) is 18.4 Å². The minimum Gasteiger partial charge on any atom is -0.480 e. The van der Waals surface area contributed by atoms with Crippen LogP contribution < -0.4 is 5.32 Å². The fourth-order valence-corrected chi connectivity index (χ4v) is 1.96. The van der Waals surface area contributed by atoms with Crippen molar-refractivity contribution in [3.8, 4) is 11.5 Å². The number of carbonyl (C=O) groups is 1. The smallest absolute Gasteiger partial charge is 0.320 e. The molecule has 0 aliphatic heterocycles. The van der Waals surface area contributed by atoms with Gasteiger partial charge in [-0.3, -0.25) is 10.1 Å². The minimum absolute atomic E-state index is 0.0444. The van der Waals surface area contributed by atoms with Crippen molar-refractivity contribution in [3.63, 3.8) is 0 Å². The van der Waals surface area contributed by atoms with Crippen molar-refractivity contribution in [2.45, 2.75) is 26.4 Å². The summed E-state index contributed by atoms with van der Waals surface area (Å²) in [5.74, 6) is -1.00. The quantitative estimate of drug-likeness (QED) is 0.856. The molecule has 1 unspecified atom stereocenters. The van der Waals surface area contributed by atoms with E-state index in [0.29, 0.717) is 17.1 Å². The third-order valence-electron chi connectivity index (χ3n) is 3.06. The Bertz CT molecular complexity index is 625. The lowest BCUT2D eigenvalue weighted by Crippen LogP contribution is -2.40. The average Bonchev–Trinajstić information content (AvgIpc) is 2.87. The highest BCUT2D eigenvalue weighted by Gasteiger charge is 2.21. The molecule has 21 heavy (non-hydrogen) atoms. The molecule has 2 aromatic rings. The number of oxazole rings is 1. The van der Waals surface area contributed by atoms with Gasteiger partial charge in [0.2, 0.25) is 5.89 Å². The third kappa shape index (κ3) is 3.88. The number of aliphatic carboxylic acids is 1. The highest BCUT2D eigenvalue weighted by molar-refractivity contribution is 5.73. The Morgan fingerprint density at radius 3 is 2.86 bits per heavy atom. The fraction of sp³-hybridized carbons (Fsp3) is 0.333. The van der Waals surface area contributed by atoms with E-state index < -0.39 is 12.0 Å². The normalized spacial score (nSPS) is 12.6. The summed E-state index contributed by atoms with van der Waals surface area (Å²) in [6.45, 7) is 3.92. The topological polar surface area (TPSA) is 75.4 Å². The molecule has 0 saturated heterocycles. The van der Waals surface area contributed by atoms with Gasteiger partial charge in [0.05, 0.1) is 5.69 Å². The first kappa shape index (κ1) is 15.2. The molecule has 2 N–H and O–H groups in total. The molecule has 6 heteroatoms. The van der Waals surface area contributed by atoms with Crippen LogP contribution in [0.2, 0.25) is 0 Å². The van der Waals surface area contributed by atoms with E-state index in [1.54, 1.807) is 12.1 Å². The standard InChI is InChI=1S/C15H17FN2O3/c1-9(2)13(15(19)20)17-7-12-8-21-14(18-12)10-4-3-5-11(16)6-10/h3-6,8-9,13,17H,7H2,1-2H3,(H,19,20). The predicted molar refractivity (Wildman–Crippen MR) is 75.0 cm³/mol. The zero-order valence-corrected chi connectivity index (χ0v) is 11.8. The molecule has 1 aromatic carbocycles. The van der Waals surface area contributed by atoms with E-state index in [9.17, 15) is 9.18 Å². The van der Waals surface area contributed by atoms with E-state index in [2.05, 4.69) is 10.3 Å². The second kappa shape index (κ2) is 6.49. The van der Waals surface area contributed by atoms with Crippen molar-refractivity contribution in [2.24, 2.45) is 5.92 Å². The van der Waals surface area contributed by atoms with Crippen molar-refractivity contribution in [1.29, 1.82) is 0 Å². The van der Waals surface area contributed by atoms with E-state index >= 15 is 0 Å². The van der Waals surface area contributed by atoms with Gasteiger partial charge in [-0.25, -0.2) is 9.37 Å². The maximum atomic E-state index is 13.1. The summed E-state index contributed by atoms with van der Waals surface area (Å²) >= 11 is 0. The Kier molecular flexibility index (Phi) is 4.70. The number of hydrogen-bond acceptors (Lipinski definition) is 4. The molecule has 2 rings (SSSR count). The maximum Gasteiger partial charge on any atom is 0.320 e. The van der Waals surface area contributed by atoms with Gasteiger partial charge in [0, 0.05) is 12.1 Å². The summed E-state index contributed by atoms with van der Waals surface area (Å²) in [5, 5.41) is 12.0. The molecule has 0 aliphatic carbocycles. The Hall–Kier alpha value is -2.21. The molecule has 1 atom stereocenters. The number of rotatable bonds is 6.